The first-order chi connectivity index (χ1) is 6.83. The quantitative estimate of drug-likeness (QED) is 0.534. The van der Waals surface area contributed by atoms with Crippen molar-refractivity contribution in [2.75, 3.05) is 19.7 Å². The zero-order valence-electron chi connectivity index (χ0n) is 9.62. The Morgan fingerprint density at radius 2 is 2.07 bits per heavy atom. The summed E-state index contributed by atoms with van der Waals surface area (Å²) in [4.78, 5) is 10.2. The van der Waals surface area contributed by atoms with E-state index in [1.807, 2.05) is 20.8 Å². The lowest BCUT2D eigenvalue weighted by atomic mass is 10.2. The van der Waals surface area contributed by atoms with Crippen LogP contribution in [-0.2, 0) is 9.53 Å². The van der Waals surface area contributed by atoms with E-state index in [-0.39, 0.29) is 12.1 Å². The topological polar surface area (TPSA) is 78.8 Å². The second kappa shape index (κ2) is 6.76. The number of aliphatic carboxylic acids is 1. The Morgan fingerprint density at radius 1 is 1.47 bits per heavy atom. The first-order valence-electron chi connectivity index (χ1n) is 5.08. The Balaban J connectivity index is 3.29. The molecule has 0 amide bonds. The van der Waals surface area contributed by atoms with E-state index >= 15 is 0 Å². The smallest absolute Gasteiger partial charge is 0.333 e. The number of ether oxygens (including phenoxy) is 1. The standard InChI is InChI=1S/C10H21NO4/c1-10(2,3)15-6-4-5-11-7-8(12)9(13)14/h8,11-12H,4-7H2,1-3H3,(H,13,14). The maximum absolute atomic E-state index is 10.2. The van der Waals surface area contributed by atoms with Crippen molar-refractivity contribution in [3.63, 3.8) is 0 Å². The third-order valence-electron chi connectivity index (χ3n) is 1.66. The lowest BCUT2D eigenvalue weighted by Crippen LogP contribution is -2.34. The number of rotatable bonds is 7. The number of nitrogens with one attached hydrogen (secondary N) is 1. The van der Waals surface area contributed by atoms with E-state index in [0.717, 1.165) is 6.42 Å². The highest BCUT2D eigenvalue weighted by molar-refractivity contribution is 5.72. The van der Waals surface area contributed by atoms with Crippen LogP contribution in [0.15, 0.2) is 0 Å². The lowest BCUT2D eigenvalue weighted by Gasteiger charge is -2.19. The van der Waals surface area contributed by atoms with Gasteiger partial charge in [0.15, 0.2) is 6.10 Å². The molecule has 0 spiro atoms. The third-order valence-corrected chi connectivity index (χ3v) is 1.66. The van der Waals surface area contributed by atoms with Gasteiger partial charge >= 0.3 is 5.97 Å². The van der Waals surface area contributed by atoms with E-state index in [4.69, 9.17) is 14.9 Å². The Hall–Kier alpha value is -0.650. The molecule has 5 nitrogen and oxygen atoms in total. The van der Waals surface area contributed by atoms with Crippen LogP contribution in [0.1, 0.15) is 27.2 Å². The predicted molar refractivity (Wildman–Crippen MR) is 56.8 cm³/mol. The van der Waals surface area contributed by atoms with E-state index in [1.54, 1.807) is 0 Å². The van der Waals surface area contributed by atoms with Crippen LogP contribution in [0.3, 0.4) is 0 Å². The number of carboxylic acids is 1. The van der Waals surface area contributed by atoms with E-state index in [0.29, 0.717) is 13.2 Å². The second-order valence-electron chi connectivity index (χ2n) is 4.37. The minimum Gasteiger partial charge on any atom is -0.479 e. The van der Waals surface area contributed by atoms with Crippen molar-refractivity contribution >= 4 is 5.97 Å². The van der Waals surface area contributed by atoms with E-state index in [2.05, 4.69) is 5.32 Å². The molecule has 0 aliphatic carbocycles. The molecule has 1 unspecified atom stereocenters. The molecule has 0 radical (unpaired) electrons. The second-order valence-corrected chi connectivity index (χ2v) is 4.37. The highest BCUT2D eigenvalue weighted by Crippen LogP contribution is 2.06. The van der Waals surface area contributed by atoms with Gasteiger partial charge in [-0.2, -0.15) is 0 Å². The molecule has 0 fully saturated rings. The minimum atomic E-state index is -1.33. The molecule has 1 atom stereocenters. The van der Waals surface area contributed by atoms with Gasteiger partial charge in [0.1, 0.15) is 0 Å². The molecule has 0 aliphatic rings. The van der Waals surface area contributed by atoms with Gasteiger partial charge in [0.2, 0.25) is 0 Å². The van der Waals surface area contributed by atoms with Crippen LogP contribution in [0, 0.1) is 0 Å². The Morgan fingerprint density at radius 3 is 2.53 bits per heavy atom. The van der Waals surface area contributed by atoms with Gasteiger partial charge in [-0.15, -0.1) is 0 Å². The normalized spacial score (nSPS) is 13.9. The van der Waals surface area contributed by atoms with Gasteiger partial charge in [-0.1, -0.05) is 0 Å². The van der Waals surface area contributed by atoms with Crippen LogP contribution >= 0.6 is 0 Å². The molecule has 15 heavy (non-hydrogen) atoms. The number of hydrogen-bond acceptors (Lipinski definition) is 4. The summed E-state index contributed by atoms with van der Waals surface area (Å²) >= 11 is 0. The first kappa shape index (κ1) is 14.3. The Labute approximate surface area is 90.4 Å². The molecule has 3 N–H and O–H groups in total. The number of aliphatic hydroxyl groups is 1. The molecule has 0 rings (SSSR count). The monoisotopic (exact) mass is 219 g/mol. The summed E-state index contributed by atoms with van der Waals surface area (Å²) in [6, 6.07) is 0. The van der Waals surface area contributed by atoms with Gasteiger partial charge in [0.05, 0.1) is 5.60 Å². The van der Waals surface area contributed by atoms with Gasteiger partial charge < -0.3 is 20.3 Å². The summed E-state index contributed by atoms with van der Waals surface area (Å²) in [5, 5.41) is 20.1. The average molecular weight is 219 g/mol. The lowest BCUT2D eigenvalue weighted by molar-refractivity contribution is -0.146. The first-order valence-corrected chi connectivity index (χ1v) is 5.08. The molecular formula is C10H21NO4. The molecule has 0 saturated heterocycles. The molecule has 0 aromatic rings. The van der Waals surface area contributed by atoms with Crippen LogP contribution in [-0.4, -0.2) is 47.6 Å². The summed E-state index contributed by atoms with van der Waals surface area (Å²) in [6.07, 6.45) is -0.530. The SMILES string of the molecule is CC(C)(C)OCCCNCC(O)C(=O)O. The third kappa shape index (κ3) is 9.65. The van der Waals surface area contributed by atoms with Gasteiger partial charge in [0.25, 0.3) is 0 Å². The van der Waals surface area contributed by atoms with Crippen LogP contribution in [0.2, 0.25) is 0 Å². The molecule has 0 aromatic carbocycles. The molecule has 0 heterocycles. The maximum Gasteiger partial charge on any atom is 0.333 e. The van der Waals surface area contributed by atoms with Gasteiger partial charge in [-0.25, -0.2) is 4.79 Å². The average Bonchev–Trinajstić information content (AvgIpc) is 2.08. The van der Waals surface area contributed by atoms with Crippen LogP contribution in [0.5, 0.6) is 0 Å². The number of aliphatic hydroxyl groups excluding tert-OH is 1. The highest BCUT2D eigenvalue weighted by atomic mass is 16.5. The van der Waals surface area contributed by atoms with Crippen molar-refractivity contribution in [2.45, 2.75) is 38.9 Å². The maximum atomic E-state index is 10.2. The summed E-state index contributed by atoms with van der Waals surface area (Å²) in [6.45, 7) is 7.28. The van der Waals surface area contributed by atoms with Gasteiger partial charge in [-0.3, -0.25) is 0 Å². The minimum absolute atomic E-state index is 0.0743. The van der Waals surface area contributed by atoms with Crippen molar-refractivity contribution < 1.29 is 19.7 Å². The molecule has 5 heteroatoms. The number of carbonyl (C=O) groups is 1. The Kier molecular flexibility index (Phi) is 6.47. The van der Waals surface area contributed by atoms with Crippen molar-refractivity contribution in [1.82, 2.24) is 5.32 Å². The highest BCUT2D eigenvalue weighted by Gasteiger charge is 2.12. The predicted octanol–water partition coefficient (Wildman–Crippen LogP) is 0.227. The number of hydrogen-bond donors (Lipinski definition) is 3. The molecule has 0 aliphatic heterocycles. The van der Waals surface area contributed by atoms with Crippen molar-refractivity contribution in [3.05, 3.63) is 0 Å². The zero-order valence-corrected chi connectivity index (χ0v) is 9.62. The summed E-state index contributed by atoms with van der Waals surface area (Å²) < 4.78 is 5.47. The van der Waals surface area contributed by atoms with E-state index < -0.39 is 12.1 Å². The van der Waals surface area contributed by atoms with Crippen LogP contribution < -0.4 is 5.32 Å². The molecular weight excluding hydrogens is 198 g/mol. The van der Waals surface area contributed by atoms with Gasteiger partial charge in [0, 0.05) is 13.2 Å². The van der Waals surface area contributed by atoms with Crippen LogP contribution in [0.4, 0.5) is 0 Å². The van der Waals surface area contributed by atoms with E-state index in [1.165, 1.54) is 0 Å². The summed E-state index contributed by atoms with van der Waals surface area (Å²) in [5.74, 6) is -1.20. The van der Waals surface area contributed by atoms with Crippen molar-refractivity contribution in [3.8, 4) is 0 Å². The molecule has 0 aromatic heterocycles. The fourth-order valence-electron chi connectivity index (χ4n) is 0.902. The number of carboxylic acid groups (broad SMARTS) is 1. The summed E-state index contributed by atoms with van der Waals surface area (Å²) in [5.41, 5.74) is -0.138. The zero-order chi connectivity index (χ0) is 11.9. The van der Waals surface area contributed by atoms with Crippen molar-refractivity contribution in [2.24, 2.45) is 0 Å². The van der Waals surface area contributed by atoms with Crippen molar-refractivity contribution in [1.29, 1.82) is 0 Å². The summed E-state index contributed by atoms with van der Waals surface area (Å²) in [7, 11) is 0. The molecule has 0 saturated carbocycles. The van der Waals surface area contributed by atoms with E-state index in [9.17, 15) is 4.79 Å². The largest absolute Gasteiger partial charge is 0.479 e. The van der Waals surface area contributed by atoms with Crippen LogP contribution in [0.25, 0.3) is 0 Å². The molecule has 90 valence electrons. The molecule has 0 bridgehead atoms. The fraction of sp³-hybridized carbons (Fsp3) is 0.900. The Bertz CT molecular complexity index is 188. The van der Waals surface area contributed by atoms with Gasteiger partial charge in [-0.05, 0) is 33.7 Å². The fourth-order valence-corrected chi connectivity index (χ4v) is 0.902.